The quantitative estimate of drug-likeness (QED) is 0.763. The molecule has 6 nitrogen and oxygen atoms in total. The molecule has 0 saturated carbocycles. The number of aromatic nitrogens is 1. The van der Waals surface area contributed by atoms with E-state index in [1.54, 1.807) is 11.8 Å². The number of hydrogen-bond donors (Lipinski definition) is 0. The second-order valence-electron chi connectivity index (χ2n) is 8.16. The summed E-state index contributed by atoms with van der Waals surface area (Å²) in [6.07, 6.45) is 1.07. The Balaban J connectivity index is 1.70. The molecule has 28 heavy (non-hydrogen) atoms. The monoisotopic (exact) mass is 404 g/mol. The lowest BCUT2D eigenvalue weighted by molar-refractivity contribution is -0.131. The summed E-state index contributed by atoms with van der Waals surface area (Å²) in [7, 11) is -3.63. The summed E-state index contributed by atoms with van der Waals surface area (Å²) in [6.45, 7) is 9.12. The van der Waals surface area contributed by atoms with Gasteiger partial charge >= 0.3 is 0 Å². The van der Waals surface area contributed by atoms with Gasteiger partial charge in [0.25, 0.3) is 0 Å². The third-order valence-electron chi connectivity index (χ3n) is 5.11. The normalized spacial score (nSPS) is 20.4. The molecule has 1 amide bonds. The lowest BCUT2D eigenvalue weighted by Crippen LogP contribution is -2.45. The van der Waals surface area contributed by atoms with Crippen LogP contribution in [-0.4, -0.2) is 43.1 Å². The molecule has 0 bridgehead atoms. The van der Waals surface area contributed by atoms with Gasteiger partial charge in [-0.25, -0.2) is 13.4 Å². The average molecular weight is 405 g/mol. The predicted octanol–water partition coefficient (Wildman–Crippen LogP) is 3.38. The van der Waals surface area contributed by atoms with Crippen LogP contribution in [0.1, 0.15) is 37.3 Å². The van der Waals surface area contributed by atoms with Gasteiger partial charge in [-0.3, -0.25) is 4.79 Å². The van der Waals surface area contributed by atoms with Crippen molar-refractivity contribution in [3.63, 3.8) is 0 Å². The zero-order valence-corrected chi connectivity index (χ0v) is 17.8. The van der Waals surface area contributed by atoms with Crippen molar-refractivity contribution in [2.75, 3.05) is 18.8 Å². The average Bonchev–Trinajstić information content (AvgIpc) is 2.94. The first-order valence-corrected chi connectivity index (χ1v) is 11.5. The van der Waals surface area contributed by atoms with E-state index < -0.39 is 15.6 Å². The van der Waals surface area contributed by atoms with E-state index in [0.29, 0.717) is 42.3 Å². The van der Waals surface area contributed by atoms with Crippen molar-refractivity contribution in [2.45, 2.75) is 39.9 Å². The number of aryl methyl sites for hydroxylation is 2. The van der Waals surface area contributed by atoms with Crippen LogP contribution >= 0.6 is 0 Å². The van der Waals surface area contributed by atoms with Gasteiger partial charge in [-0.1, -0.05) is 31.5 Å². The highest BCUT2D eigenvalue weighted by Gasteiger charge is 2.29. The highest BCUT2D eigenvalue weighted by molar-refractivity contribution is 7.91. The number of benzene rings is 1. The number of piperidine rings is 1. The van der Waals surface area contributed by atoms with E-state index in [1.165, 1.54) is 0 Å². The molecule has 3 rings (SSSR count). The van der Waals surface area contributed by atoms with Crippen LogP contribution in [0, 0.1) is 25.7 Å². The van der Waals surface area contributed by atoms with Crippen LogP contribution in [0.5, 0.6) is 0 Å². The van der Waals surface area contributed by atoms with Gasteiger partial charge in [-0.05, 0) is 44.2 Å². The standard InChI is InChI=1S/C21H28N2O4S/c1-14-5-7-18(8-6-14)21-22-19(17(4)27-21)12-28(25,26)13-20(24)23-10-15(2)9-16(3)11-23/h5-8,15-16H,9-13H2,1-4H3/t15-,16-/m0/s1. The molecule has 0 radical (unpaired) electrons. The van der Waals surface area contributed by atoms with Crippen molar-refractivity contribution in [2.24, 2.45) is 11.8 Å². The first-order chi connectivity index (χ1) is 13.1. The topological polar surface area (TPSA) is 80.5 Å². The van der Waals surface area contributed by atoms with Gasteiger partial charge in [0.05, 0.1) is 11.4 Å². The molecule has 0 aliphatic carbocycles. The minimum Gasteiger partial charge on any atom is -0.441 e. The van der Waals surface area contributed by atoms with Crippen LogP contribution in [-0.2, 0) is 20.4 Å². The van der Waals surface area contributed by atoms with Crippen molar-refractivity contribution in [3.05, 3.63) is 41.3 Å². The maximum absolute atomic E-state index is 12.6. The minimum absolute atomic E-state index is 0.293. The fourth-order valence-electron chi connectivity index (χ4n) is 3.79. The molecular weight excluding hydrogens is 376 g/mol. The summed E-state index contributed by atoms with van der Waals surface area (Å²) >= 11 is 0. The van der Waals surface area contributed by atoms with Crippen molar-refractivity contribution in [1.29, 1.82) is 0 Å². The molecule has 1 aliphatic rings. The van der Waals surface area contributed by atoms with Gasteiger partial charge in [0, 0.05) is 18.7 Å². The Morgan fingerprint density at radius 1 is 1.14 bits per heavy atom. The fourth-order valence-corrected chi connectivity index (χ4v) is 5.13. The Bertz CT molecular complexity index is 937. The van der Waals surface area contributed by atoms with E-state index in [4.69, 9.17) is 4.42 Å². The van der Waals surface area contributed by atoms with Crippen LogP contribution in [0.2, 0.25) is 0 Å². The molecule has 152 valence electrons. The zero-order valence-electron chi connectivity index (χ0n) is 16.9. The molecule has 7 heteroatoms. The molecular formula is C21H28N2O4S. The molecule has 1 fully saturated rings. The summed E-state index contributed by atoms with van der Waals surface area (Å²) in [4.78, 5) is 18.6. The Kier molecular flexibility index (Phi) is 5.93. The van der Waals surface area contributed by atoms with Gasteiger partial charge in [-0.2, -0.15) is 0 Å². The maximum Gasteiger partial charge on any atom is 0.237 e. The lowest BCUT2D eigenvalue weighted by Gasteiger charge is -2.34. The van der Waals surface area contributed by atoms with Crippen molar-refractivity contribution in [1.82, 2.24) is 9.88 Å². The number of rotatable bonds is 5. The smallest absolute Gasteiger partial charge is 0.237 e. The SMILES string of the molecule is Cc1ccc(-c2nc(CS(=O)(=O)CC(=O)N3C[C@@H](C)C[C@H](C)C3)c(C)o2)cc1. The highest BCUT2D eigenvalue weighted by atomic mass is 32.2. The van der Waals surface area contributed by atoms with E-state index in [9.17, 15) is 13.2 Å². The van der Waals surface area contributed by atoms with Crippen LogP contribution in [0.25, 0.3) is 11.5 Å². The molecule has 1 saturated heterocycles. The Morgan fingerprint density at radius 3 is 2.36 bits per heavy atom. The molecule has 2 aromatic rings. The predicted molar refractivity (Wildman–Crippen MR) is 108 cm³/mol. The number of oxazole rings is 1. The number of carbonyl (C=O) groups excluding carboxylic acids is 1. The number of carbonyl (C=O) groups is 1. The van der Waals surface area contributed by atoms with Gasteiger partial charge in [-0.15, -0.1) is 0 Å². The van der Waals surface area contributed by atoms with Gasteiger partial charge in [0.15, 0.2) is 9.84 Å². The summed E-state index contributed by atoms with van der Waals surface area (Å²) in [6, 6.07) is 7.68. The number of amides is 1. The van der Waals surface area contributed by atoms with Gasteiger partial charge < -0.3 is 9.32 Å². The van der Waals surface area contributed by atoms with E-state index in [2.05, 4.69) is 18.8 Å². The number of likely N-dealkylation sites (tertiary alicyclic amines) is 1. The van der Waals surface area contributed by atoms with E-state index >= 15 is 0 Å². The highest BCUT2D eigenvalue weighted by Crippen LogP contribution is 2.24. The number of hydrogen-bond acceptors (Lipinski definition) is 5. The van der Waals surface area contributed by atoms with Crippen LogP contribution in [0.3, 0.4) is 0 Å². The van der Waals surface area contributed by atoms with Crippen molar-refractivity contribution in [3.8, 4) is 11.5 Å². The maximum atomic E-state index is 12.6. The van der Waals surface area contributed by atoms with Crippen LogP contribution in [0.15, 0.2) is 28.7 Å². The molecule has 0 spiro atoms. The summed E-state index contributed by atoms with van der Waals surface area (Å²) < 4.78 is 30.9. The summed E-state index contributed by atoms with van der Waals surface area (Å²) in [5.41, 5.74) is 2.28. The Hall–Kier alpha value is -2.15. The first-order valence-electron chi connectivity index (χ1n) is 9.64. The zero-order chi connectivity index (χ0) is 20.5. The van der Waals surface area contributed by atoms with E-state index in [0.717, 1.165) is 17.5 Å². The second kappa shape index (κ2) is 8.07. The van der Waals surface area contributed by atoms with Crippen LogP contribution in [0.4, 0.5) is 0 Å². The fraction of sp³-hybridized carbons (Fsp3) is 0.524. The molecule has 1 aliphatic heterocycles. The summed E-state index contributed by atoms with van der Waals surface area (Å²) in [5.74, 6) is 0.547. The summed E-state index contributed by atoms with van der Waals surface area (Å²) in [5, 5.41) is 0. The molecule has 2 atom stereocenters. The molecule has 1 aromatic carbocycles. The Morgan fingerprint density at radius 2 is 1.75 bits per heavy atom. The lowest BCUT2D eigenvalue weighted by atomic mass is 9.92. The van der Waals surface area contributed by atoms with Crippen molar-refractivity contribution < 1.29 is 17.6 Å². The molecule has 0 N–H and O–H groups in total. The third kappa shape index (κ3) is 5.01. The van der Waals surface area contributed by atoms with Gasteiger partial charge in [0.1, 0.15) is 11.5 Å². The van der Waals surface area contributed by atoms with E-state index in [1.807, 2.05) is 31.2 Å². The minimum atomic E-state index is -3.63. The largest absolute Gasteiger partial charge is 0.441 e. The van der Waals surface area contributed by atoms with Crippen molar-refractivity contribution >= 4 is 15.7 Å². The molecule has 0 unspecified atom stereocenters. The molecule has 1 aromatic heterocycles. The van der Waals surface area contributed by atoms with E-state index in [-0.39, 0.29) is 11.7 Å². The molecule has 2 heterocycles. The number of sulfone groups is 1. The number of nitrogens with zero attached hydrogens (tertiary/aromatic N) is 2. The third-order valence-corrected chi connectivity index (χ3v) is 6.51. The Labute approximate surface area is 166 Å². The second-order valence-corrected chi connectivity index (χ2v) is 10.2. The first kappa shape index (κ1) is 20.6. The van der Waals surface area contributed by atoms with Crippen LogP contribution < -0.4 is 0 Å². The van der Waals surface area contributed by atoms with Gasteiger partial charge in [0.2, 0.25) is 11.8 Å².